The second-order valence-electron chi connectivity index (χ2n) is 6.37. The average Bonchev–Trinajstić information content (AvgIpc) is 3.08. The van der Waals surface area contributed by atoms with Gasteiger partial charge in [-0.3, -0.25) is 4.79 Å². The van der Waals surface area contributed by atoms with Crippen molar-refractivity contribution in [3.05, 3.63) is 52.2 Å². The number of benzene rings is 1. The molecule has 2 heterocycles. The smallest absolute Gasteiger partial charge is 0.227 e. The molecule has 0 bridgehead atoms. The fourth-order valence-electron chi connectivity index (χ4n) is 2.96. The predicted molar refractivity (Wildman–Crippen MR) is 97.3 cm³/mol. The molecule has 0 saturated carbocycles. The summed E-state index contributed by atoms with van der Waals surface area (Å²) in [5.74, 6) is 0.818. The van der Waals surface area contributed by atoms with Crippen molar-refractivity contribution in [1.82, 2.24) is 4.90 Å². The van der Waals surface area contributed by atoms with Crippen LogP contribution in [-0.4, -0.2) is 37.0 Å². The summed E-state index contributed by atoms with van der Waals surface area (Å²) in [4.78, 5) is 17.9. The van der Waals surface area contributed by atoms with Gasteiger partial charge in [-0.25, -0.2) is 0 Å². The number of amides is 1. The fourth-order valence-corrected chi connectivity index (χ4v) is 3.65. The van der Waals surface area contributed by atoms with Crippen LogP contribution in [0, 0.1) is 0 Å². The van der Waals surface area contributed by atoms with E-state index in [-0.39, 0.29) is 5.91 Å². The van der Waals surface area contributed by atoms with E-state index in [0.29, 0.717) is 12.3 Å². The van der Waals surface area contributed by atoms with Crippen LogP contribution in [0.5, 0.6) is 0 Å². The first-order valence-electron chi connectivity index (χ1n) is 8.28. The van der Waals surface area contributed by atoms with Crippen LogP contribution in [-0.2, 0) is 11.2 Å². The maximum Gasteiger partial charge on any atom is 0.227 e. The second kappa shape index (κ2) is 7.18. The number of anilines is 1. The van der Waals surface area contributed by atoms with Crippen LogP contribution < -0.4 is 4.90 Å². The van der Waals surface area contributed by atoms with Gasteiger partial charge in [0.25, 0.3) is 0 Å². The molecule has 1 fully saturated rings. The van der Waals surface area contributed by atoms with E-state index in [1.54, 1.807) is 11.3 Å². The van der Waals surface area contributed by atoms with E-state index in [0.717, 1.165) is 31.1 Å². The summed E-state index contributed by atoms with van der Waals surface area (Å²) >= 11 is 1.66. The molecule has 0 unspecified atom stereocenters. The molecule has 0 spiro atoms. The number of nitrogens with zero attached hydrogens (tertiary/aromatic N) is 2. The molecular weight excluding hydrogens is 304 g/mol. The predicted octanol–water partition coefficient (Wildman–Crippen LogP) is 3.76. The molecule has 1 amide bonds. The number of hydrogen-bond acceptors (Lipinski definition) is 3. The standard InChI is InChI=1S/C19H24N2OS/c1-15(2)16-5-7-17(8-6-16)20-9-11-21(12-10-20)19(22)14-18-4-3-13-23-18/h3-8,13,15H,9-12,14H2,1-2H3. The third-order valence-corrected chi connectivity index (χ3v) is 5.34. The van der Waals surface area contributed by atoms with Crippen molar-refractivity contribution in [2.75, 3.05) is 31.1 Å². The Hall–Kier alpha value is -1.81. The van der Waals surface area contributed by atoms with E-state index < -0.39 is 0 Å². The molecule has 1 saturated heterocycles. The minimum atomic E-state index is 0.252. The Labute approximate surface area is 142 Å². The third kappa shape index (κ3) is 3.94. The van der Waals surface area contributed by atoms with Crippen LogP contribution in [0.3, 0.4) is 0 Å². The number of thiophene rings is 1. The maximum absolute atomic E-state index is 12.3. The van der Waals surface area contributed by atoms with Crippen LogP contribution in [0.4, 0.5) is 5.69 Å². The molecule has 4 heteroatoms. The van der Waals surface area contributed by atoms with E-state index in [2.05, 4.69) is 43.0 Å². The van der Waals surface area contributed by atoms with Gasteiger partial charge >= 0.3 is 0 Å². The largest absolute Gasteiger partial charge is 0.368 e. The molecule has 1 aromatic heterocycles. The summed E-state index contributed by atoms with van der Waals surface area (Å²) in [5, 5.41) is 2.03. The highest BCUT2D eigenvalue weighted by Gasteiger charge is 2.21. The van der Waals surface area contributed by atoms with Crippen LogP contribution in [0.25, 0.3) is 0 Å². The molecule has 122 valence electrons. The lowest BCUT2D eigenvalue weighted by atomic mass is 10.0. The SMILES string of the molecule is CC(C)c1ccc(N2CCN(C(=O)Cc3cccs3)CC2)cc1. The van der Waals surface area contributed by atoms with Crippen molar-refractivity contribution in [1.29, 1.82) is 0 Å². The highest BCUT2D eigenvalue weighted by atomic mass is 32.1. The normalized spacial score (nSPS) is 15.3. The van der Waals surface area contributed by atoms with Crippen molar-refractivity contribution in [2.45, 2.75) is 26.2 Å². The zero-order valence-electron chi connectivity index (χ0n) is 13.9. The molecule has 0 N–H and O–H groups in total. The molecule has 2 aromatic rings. The fraction of sp³-hybridized carbons (Fsp3) is 0.421. The Bertz CT molecular complexity index is 626. The van der Waals surface area contributed by atoms with Crippen molar-refractivity contribution in [3.8, 4) is 0 Å². The van der Waals surface area contributed by atoms with Gasteiger partial charge < -0.3 is 9.80 Å². The summed E-state index contributed by atoms with van der Waals surface area (Å²) in [6, 6.07) is 12.9. The second-order valence-corrected chi connectivity index (χ2v) is 7.40. The van der Waals surface area contributed by atoms with Gasteiger partial charge in [0.2, 0.25) is 5.91 Å². The van der Waals surface area contributed by atoms with Gasteiger partial charge in [-0.2, -0.15) is 0 Å². The first-order chi connectivity index (χ1) is 11.1. The van der Waals surface area contributed by atoms with Crippen LogP contribution in [0.15, 0.2) is 41.8 Å². The lowest BCUT2D eigenvalue weighted by Gasteiger charge is -2.36. The lowest BCUT2D eigenvalue weighted by Crippen LogP contribution is -2.49. The zero-order chi connectivity index (χ0) is 16.2. The van der Waals surface area contributed by atoms with Crippen molar-refractivity contribution in [2.24, 2.45) is 0 Å². The van der Waals surface area contributed by atoms with Gasteiger partial charge in [0, 0.05) is 36.7 Å². The molecular formula is C19H24N2OS. The lowest BCUT2D eigenvalue weighted by molar-refractivity contribution is -0.130. The number of piperazine rings is 1. The summed E-state index contributed by atoms with van der Waals surface area (Å²) in [7, 11) is 0. The summed E-state index contributed by atoms with van der Waals surface area (Å²) in [6.45, 7) is 7.89. The van der Waals surface area contributed by atoms with E-state index in [1.807, 2.05) is 22.4 Å². The van der Waals surface area contributed by atoms with Crippen LogP contribution in [0.1, 0.15) is 30.2 Å². The number of hydrogen-bond donors (Lipinski definition) is 0. The van der Waals surface area contributed by atoms with Gasteiger partial charge in [-0.1, -0.05) is 32.0 Å². The zero-order valence-corrected chi connectivity index (χ0v) is 14.7. The Balaban J connectivity index is 1.54. The summed E-state index contributed by atoms with van der Waals surface area (Å²) < 4.78 is 0. The number of carbonyl (C=O) groups excluding carboxylic acids is 1. The van der Waals surface area contributed by atoms with Crippen molar-refractivity contribution >= 4 is 22.9 Å². The number of rotatable bonds is 4. The van der Waals surface area contributed by atoms with E-state index >= 15 is 0 Å². The summed E-state index contributed by atoms with van der Waals surface area (Å²) in [5.41, 5.74) is 2.64. The molecule has 1 aliphatic heterocycles. The summed E-state index contributed by atoms with van der Waals surface area (Å²) in [6.07, 6.45) is 0.542. The van der Waals surface area contributed by atoms with Crippen LogP contribution >= 0.6 is 11.3 Å². The average molecular weight is 328 g/mol. The highest BCUT2D eigenvalue weighted by Crippen LogP contribution is 2.21. The third-order valence-electron chi connectivity index (χ3n) is 4.46. The van der Waals surface area contributed by atoms with Crippen molar-refractivity contribution < 1.29 is 4.79 Å². The van der Waals surface area contributed by atoms with Gasteiger partial charge in [0.15, 0.2) is 0 Å². The molecule has 0 aliphatic carbocycles. The monoisotopic (exact) mass is 328 g/mol. The first-order valence-corrected chi connectivity index (χ1v) is 9.16. The quantitative estimate of drug-likeness (QED) is 0.853. The van der Waals surface area contributed by atoms with E-state index in [9.17, 15) is 4.79 Å². The topological polar surface area (TPSA) is 23.6 Å². The van der Waals surface area contributed by atoms with Gasteiger partial charge in [0.1, 0.15) is 0 Å². The molecule has 0 atom stereocenters. The van der Waals surface area contributed by atoms with E-state index in [1.165, 1.54) is 11.3 Å². The first kappa shape index (κ1) is 16.1. The van der Waals surface area contributed by atoms with Crippen molar-refractivity contribution in [3.63, 3.8) is 0 Å². The Morgan fingerprint density at radius 1 is 1.09 bits per heavy atom. The number of carbonyl (C=O) groups is 1. The van der Waals surface area contributed by atoms with E-state index in [4.69, 9.17) is 0 Å². The molecule has 0 radical (unpaired) electrons. The minimum Gasteiger partial charge on any atom is -0.368 e. The maximum atomic E-state index is 12.3. The minimum absolute atomic E-state index is 0.252. The van der Waals surface area contributed by atoms with Gasteiger partial charge in [0.05, 0.1) is 6.42 Å². The van der Waals surface area contributed by atoms with Crippen LogP contribution in [0.2, 0.25) is 0 Å². The molecule has 1 aromatic carbocycles. The molecule has 3 nitrogen and oxygen atoms in total. The molecule has 3 rings (SSSR count). The molecule has 1 aliphatic rings. The highest BCUT2D eigenvalue weighted by molar-refractivity contribution is 7.10. The van der Waals surface area contributed by atoms with Gasteiger partial charge in [-0.05, 0) is 35.1 Å². The molecule has 23 heavy (non-hydrogen) atoms. The Morgan fingerprint density at radius 3 is 2.35 bits per heavy atom. The van der Waals surface area contributed by atoms with Gasteiger partial charge in [-0.15, -0.1) is 11.3 Å². The Morgan fingerprint density at radius 2 is 1.78 bits per heavy atom. The Kier molecular flexibility index (Phi) is 5.01.